The Morgan fingerprint density at radius 2 is 1.54 bits per heavy atom. The van der Waals surface area contributed by atoms with Crippen molar-refractivity contribution >= 4 is 40.6 Å². The summed E-state index contributed by atoms with van der Waals surface area (Å²) < 4.78 is 1.77. The third-order valence-corrected chi connectivity index (χ3v) is 7.11. The average Bonchev–Trinajstić information content (AvgIpc) is 3.08. The van der Waals surface area contributed by atoms with Crippen LogP contribution in [0.3, 0.4) is 0 Å². The van der Waals surface area contributed by atoms with Gasteiger partial charge in [0.05, 0.1) is 5.25 Å². The number of thioether (sulfide) groups is 2. The van der Waals surface area contributed by atoms with Crippen LogP contribution < -0.4 is 0 Å². The zero-order valence-electron chi connectivity index (χ0n) is 14.9. The fourth-order valence-electron chi connectivity index (χ4n) is 2.41. The molecule has 0 fully saturated rings. The number of ketones is 1. The van der Waals surface area contributed by atoms with E-state index in [0.29, 0.717) is 0 Å². The number of carbonyl (C=O) groups is 1. The van der Waals surface area contributed by atoms with Gasteiger partial charge in [-0.05, 0) is 25.2 Å². The second-order valence-electron chi connectivity index (χ2n) is 5.91. The predicted molar refractivity (Wildman–Crippen MR) is 112 cm³/mol. The Balaban J connectivity index is 1.91. The Hall–Kier alpha value is -1.63. The first kappa shape index (κ1) is 19.1. The summed E-state index contributed by atoms with van der Waals surface area (Å²) in [6, 6.07) is 15.9. The van der Waals surface area contributed by atoms with Crippen LogP contribution in [0.5, 0.6) is 0 Å². The van der Waals surface area contributed by atoms with Gasteiger partial charge in [-0.1, -0.05) is 101 Å². The van der Waals surface area contributed by atoms with Crippen LogP contribution >= 0.6 is 34.9 Å². The number of Topliss-reactive ketones (excluding diaryl/α,β-unsaturated/α-hetero) is 1. The molecule has 6 heteroatoms. The van der Waals surface area contributed by atoms with Crippen LogP contribution in [0.2, 0.25) is 0 Å². The van der Waals surface area contributed by atoms with Gasteiger partial charge in [0.15, 0.2) is 14.5 Å². The van der Waals surface area contributed by atoms with E-state index >= 15 is 0 Å². The summed E-state index contributed by atoms with van der Waals surface area (Å²) >= 11 is 4.71. The summed E-state index contributed by atoms with van der Waals surface area (Å²) in [5, 5.41) is 8.15. The van der Waals surface area contributed by atoms with Crippen molar-refractivity contribution in [1.29, 1.82) is 0 Å². The first-order chi connectivity index (χ1) is 12.6. The number of rotatable bonds is 7. The molecule has 2 aromatic carbocycles. The number of carbonyl (C=O) groups excluding carboxylic acids is 1. The molecule has 26 heavy (non-hydrogen) atoms. The maximum atomic E-state index is 13.2. The summed E-state index contributed by atoms with van der Waals surface area (Å²) in [5.41, 5.74) is 4.04. The number of nitrogens with zero attached hydrogens (tertiary/aromatic N) is 2. The quantitative estimate of drug-likeness (QED) is 0.360. The fraction of sp³-hybridized carbons (Fsp3) is 0.250. The van der Waals surface area contributed by atoms with E-state index in [9.17, 15) is 4.79 Å². The molecule has 0 aliphatic carbocycles. The average molecular weight is 401 g/mol. The number of hydrogen-bond acceptors (Lipinski definition) is 6. The molecule has 0 spiro atoms. The van der Waals surface area contributed by atoms with E-state index in [0.717, 1.165) is 31.1 Å². The van der Waals surface area contributed by atoms with E-state index < -0.39 is 0 Å². The minimum atomic E-state index is -0.328. The number of benzene rings is 2. The van der Waals surface area contributed by atoms with Crippen molar-refractivity contribution in [2.45, 2.75) is 34.7 Å². The fourth-order valence-corrected chi connectivity index (χ4v) is 5.60. The van der Waals surface area contributed by atoms with E-state index in [1.807, 2.05) is 62.4 Å². The highest BCUT2D eigenvalue weighted by atomic mass is 32.2. The molecule has 1 heterocycles. The molecule has 1 atom stereocenters. The highest BCUT2D eigenvalue weighted by molar-refractivity contribution is 8.03. The van der Waals surface area contributed by atoms with Crippen LogP contribution in [-0.4, -0.2) is 21.7 Å². The summed E-state index contributed by atoms with van der Waals surface area (Å²) in [6.07, 6.45) is 0. The lowest BCUT2D eigenvalue weighted by atomic mass is 10.0. The molecule has 3 nitrogen and oxygen atoms in total. The van der Waals surface area contributed by atoms with Crippen LogP contribution in [0.4, 0.5) is 0 Å². The predicted octanol–water partition coefficient (Wildman–Crippen LogP) is 5.98. The number of aryl methyl sites for hydroxylation is 2. The number of aromatic nitrogens is 2. The van der Waals surface area contributed by atoms with Gasteiger partial charge in [0.25, 0.3) is 0 Å². The van der Waals surface area contributed by atoms with E-state index in [-0.39, 0.29) is 11.0 Å². The van der Waals surface area contributed by atoms with Gasteiger partial charge >= 0.3 is 0 Å². The first-order valence-corrected chi connectivity index (χ1v) is 11.1. The molecule has 1 aromatic heterocycles. The van der Waals surface area contributed by atoms with Crippen LogP contribution in [0.1, 0.15) is 39.2 Å². The first-order valence-electron chi connectivity index (χ1n) is 8.37. The Morgan fingerprint density at radius 3 is 2.15 bits per heavy atom. The smallest absolute Gasteiger partial charge is 0.180 e. The van der Waals surface area contributed by atoms with Crippen LogP contribution in [0, 0.1) is 13.8 Å². The molecule has 0 saturated carbocycles. The SMILES string of the molecule is CCSc1nnc(SC(C(=O)c2ccc(C)cc2)c2ccc(C)cc2)s1. The number of hydrogen-bond donors (Lipinski definition) is 0. The molecule has 0 bridgehead atoms. The summed E-state index contributed by atoms with van der Waals surface area (Å²) in [7, 11) is 0. The molecule has 0 aliphatic rings. The Morgan fingerprint density at radius 1 is 0.962 bits per heavy atom. The zero-order valence-corrected chi connectivity index (χ0v) is 17.4. The zero-order chi connectivity index (χ0) is 18.5. The minimum absolute atomic E-state index is 0.0961. The molecule has 0 radical (unpaired) electrons. The van der Waals surface area contributed by atoms with E-state index in [4.69, 9.17) is 0 Å². The molecule has 0 N–H and O–H groups in total. The molecular formula is C20H20N2OS3. The Labute approximate surface area is 166 Å². The van der Waals surface area contributed by atoms with E-state index in [1.54, 1.807) is 23.1 Å². The highest BCUT2D eigenvalue weighted by Crippen LogP contribution is 2.40. The van der Waals surface area contributed by atoms with Crippen molar-refractivity contribution in [2.75, 3.05) is 5.75 Å². The summed E-state index contributed by atoms with van der Waals surface area (Å²) in [4.78, 5) is 13.2. The third-order valence-electron chi connectivity index (χ3n) is 3.83. The van der Waals surface area contributed by atoms with Crippen molar-refractivity contribution in [3.05, 3.63) is 70.8 Å². The Bertz CT molecular complexity index is 873. The monoisotopic (exact) mass is 400 g/mol. The second kappa shape index (κ2) is 8.84. The third kappa shape index (κ3) is 4.75. The molecular weight excluding hydrogens is 380 g/mol. The topological polar surface area (TPSA) is 42.9 Å². The maximum Gasteiger partial charge on any atom is 0.180 e. The van der Waals surface area contributed by atoms with Gasteiger partial charge in [0.1, 0.15) is 0 Å². The molecule has 3 aromatic rings. The lowest BCUT2D eigenvalue weighted by Gasteiger charge is -2.15. The van der Waals surface area contributed by atoms with E-state index in [1.165, 1.54) is 17.3 Å². The van der Waals surface area contributed by atoms with Gasteiger partial charge in [-0.3, -0.25) is 4.79 Å². The summed E-state index contributed by atoms with van der Waals surface area (Å²) in [5.74, 6) is 1.06. The van der Waals surface area contributed by atoms with Gasteiger partial charge in [0, 0.05) is 5.56 Å². The molecule has 3 rings (SSSR count). The molecule has 0 aliphatic heterocycles. The van der Waals surface area contributed by atoms with Gasteiger partial charge < -0.3 is 0 Å². The standard InChI is InChI=1S/C20H20N2OS3/c1-4-24-19-21-22-20(26-19)25-18(16-11-7-14(3)8-12-16)17(23)15-9-5-13(2)6-10-15/h5-12,18H,4H2,1-3H3. The normalized spacial score (nSPS) is 12.1. The maximum absolute atomic E-state index is 13.2. The summed E-state index contributed by atoms with van der Waals surface area (Å²) in [6.45, 7) is 6.16. The largest absolute Gasteiger partial charge is 0.293 e. The van der Waals surface area contributed by atoms with Gasteiger partial charge in [-0.15, -0.1) is 10.2 Å². The lowest BCUT2D eigenvalue weighted by Crippen LogP contribution is -2.10. The van der Waals surface area contributed by atoms with Gasteiger partial charge in [-0.25, -0.2) is 0 Å². The molecule has 1 unspecified atom stereocenters. The van der Waals surface area contributed by atoms with Crippen LogP contribution in [0.25, 0.3) is 0 Å². The van der Waals surface area contributed by atoms with Crippen molar-refractivity contribution in [1.82, 2.24) is 10.2 Å². The second-order valence-corrected chi connectivity index (χ2v) is 9.75. The lowest BCUT2D eigenvalue weighted by molar-refractivity contribution is 0.0989. The highest BCUT2D eigenvalue weighted by Gasteiger charge is 2.25. The van der Waals surface area contributed by atoms with Crippen molar-refractivity contribution in [3.8, 4) is 0 Å². The van der Waals surface area contributed by atoms with Gasteiger partial charge in [-0.2, -0.15) is 0 Å². The van der Waals surface area contributed by atoms with Gasteiger partial charge in [0.2, 0.25) is 0 Å². The molecule has 0 saturated heterocycles. The van der Waals surface area contributed by atoms with E-state index in [2.05, 4.69) is 17.1 Å². The Kier molecular flexibility index (Phi) is 6.51. The van der Waals surface area contributed by atoms with Crippen molar-refractivity contribution in [3.63, 3.8) is 0 Å². The minimum Gasteiger partial charge on any atom is -0.293 e. The van der Waals surface area contributed by atoms with Crippen LogP contribution in [0.15, 0.2) is 57.2 Å². The van der Waals surface area contributed by atoms with Crippen LogP contribution in [-0.2, 0) is 0 Å². The molecule has 134 valence electrons. The molecule has 0 amide bonds. The van der Waals surface area contributed by atoms with Crippen molar-refractivity contribution in [2.24, 2.45) is 0 Å². The van der Waals surface area contributed by atoms with Crippen molar-refractivity contribution < 1.29 is 4.79 Å².